The number of rotatable bonds is 27. The maximum Gasteiger partial charge on any atom is 0.397 e. The highest BCUT2D eigenvalue weighted by atomic mass is 32.3. The van der Waals surface area contributed by atoms with Gasteiger partial charge in [0.05, 0.1) is 19.8 Å². The highest BCUT2D eigenvalue weighted by molar-refractivity contribution is 7.84. The predicted octanol–water partition coefficient (Wildman–Crippen LogP) is -14.2. The van der Waals surface area contributed by atoms with E-state index < -0.39 is 258 Å². The number of carboxylic acids is 2. The summed E-state index contributed by atoms with van der Waals surface area (Å²) in [6, 6.07) is -8.17. The van der Waals surface area contributed by atoms with Gasteiger partial charge < -0.3 is 93.7 Å². The minimum Gasteiger partial charge on any atom is -0.479 e. The van der Waals surface area contributed by atoms with Gasteiger partial charge >= 0.3 is 84.4 Å². The van der Waals surface area contributed by atoms with Crippen LogP contribution in [0.1, 0.15) is 0 Å². The van der Waals surface area contributed by atoms with E-state index in [1.54, 1.807) is 0 Å². The Labute approximate surface area is 480 Å². The van der Waals surface area contributed by atoms with Crippen LogP contribution in [0.5, 0.6) is 0 Å². The molecule has 0 aromatic heterocycles. The number of nitrogens with one attached hydrogen (secondary N) is 3. The summed E-state index contributed by atoms with van der Waals surface area (Å²) >= 11 is 0. The number of carbonyl (C=O) groups is 2. The first-order valence-electron chi connectivity index (χ1n) is 22.5. The minimum atomic E-state index is -6.31. The molecule has 5 aliphatic heterocycles. The molecule has 1 unspecified atom stereocenters. The summed E-state index contributed by atoms with van der Waals surface area (Å²) in [5.74, 6) is -4.83. The number of aliphatic hydroxyl groups is 8. The molecule has 5 rings (SSSR count). The SMILES string of the molecule is O=C(O)[C@H]1O[C@@H](O[C@H]2[C@H](OS(=O)(=O)O)[C@@H](NS(=O)(=O)O)[C@@H](O[C@H]3[C@H](O)[C@@H](OS(=O)(=O)O)[C@H](O[C@H]4[C@H](O)[C@@H](NS(=O)(=O)O)C(O)O[C@@H]4CO)O[C@H]3C(=O)O)O[C@@H]2COS(=O)(=O)O)[C@H](O)[C@@H](O)[C@@H]1O[C@@H]1O[C@H](COS(=O)(=O)O)[C@@H](O)[C@H](O)[C@H]1NS(=O)(=O)O. The maximum atomic E-state index is 12.9. The molecule has 5 heterocycles. The molecular weight excluding hydrogens is 1360 g/mol. The fourth-order valence-electron chi connectivity index (χ4n) is 8.66. The summed E-state index contributed by atoms with van der Waals surface area (Å²) in [6.45, 7) is -4.82. The van der Waals surface area contributed by atoms with Crippen LogP contribution in [0.3, 0.4) is 0 Å². The van der Waals surface area contributed by atoms with Gasteiger partial charge in [0, 0.05) is 0 Å². The van der Waals surface area contributed by atoms with E-state index in [1.807, 2.05) is 0 Å². The van der Waals surface area contributed by atoms with Crippen molar-refractivity contribution in [2.75, 3.05) is 19.8 Å². The van der Waals surface area contributed by atoms with Crippen LogP contribution in [0.4, 0.5) is 0 Å². The minimum absolute atomic E-state index is 1.12. The number of hydrogen-bond acceptors (Lipinski definition) is 37. The molecule has 5 fully saturated rings. The third-order valence-corrected chi connectivity index (χ3v) is 15.5. The highest BCUT2D eigenvalue weighted by Gasteiger charge is 2.61. The maximum absolute atomic E-state index is 12.9. The lowest BCUT2D eigenvalue weighted by Gasteiger charge is -2.50. The molecule has 0 spiro atoms. The molecule has 56 heteroatoms. The molecule has 0 saturated carbocycles. The van der Waals surface area contributed by atoms with Crippen LogP contribution in [0.25, 0.3) is 0 Å². The van der Waals surface area contributed by atoms with Crippen LogP contribution in [-0.2, 0) is 141 Å². The van der Waals surface area contributed by atoms with Crippen LogP contribution in [-0.4, -0.2) is 327 Å². The van der Waals surface area contributed by atoms with Crippen LogP contribution in [0, 0.1) is 0 Å². The van der Waals surface area contributed by atoms with Gasteiger partial charge in [-0.15, -0.1) is 0 Å². The number of carboxylic acid groups (broad SMARTS) is 2. The summed E-state index contributed by atoms with van der Waals surface area (Å²) < 4.78 is 303. The Morgan fingerprint density at radius 3 is 1.24 bits per heavy atom. The summed E-state index contributed by atoms with van der Waals surface area (Å²) in [5, 5.41) is 107. The van der Waals surface area contributed by atoms with E-state index in [0.717, 1.165) is 4.72 Å². The third kappa shape index (κ3) is 20.4. The fourth-order valence-corrected chi connectivity index (χ4v) is 12.0. The Kier molecular flexibility index (Phi) is 24.2. The third-order valence-electron chi connectivity index (χ3n) is 12.0. The molecule has 504 valence electrons. The summed E-state index contributed by atoms with van der Waals surface area (Å²) in [6.07, 6.45) is -62.5. The van der Waals surface area contributed by atoms with Crippen molar-refractivity contribution in [3.63, 3.8) is 0 Å². The van der Waals surface area contributed by atoms with E-state index in [4.69, 9.17) is 47.2 Å². The molecule has 0 aliphatic carbocycles. The van der Waals surface area contributed by atoms with Crippen LogP contribution in [0.2, 0.25) is 0 Å². The van der Waals surface area contributed by atoms with E-state index >= 15 is 0 Å². The lowest BCUT2D eigenvalue weighted by Crippen LogP contribution is -2.71. The van der Waals surface area contributed by atoms with Crippen LogP contribution in [0.15, 0.2) is 0 Å². The Bertz CT molecular complexity index is 3190. The fraction of sp³-hybridized carbons (Fsp3) is 0.933. The zero-order valence-corrected chi connectivity index (χ0v) is 47.1. The van der Waals surface area contributed by atoms with E-state index in [9.17, 15) is 147 Å². The average molecular weight is 1410 g/mol. The quantitative estimate of drug-likeness (QED) is 0.0340. The van der Waals surface area contributed by atoms with E-state index in [2.05, 4.69) is 16.7 Å². The monoisotopic (exact) mass is 1410 g/mol. The first kappa shape index (κ1) is 74.1. The van der Waals surface area contributed by atoms with Gasteiger partial charge in [-0.25, -0.2) is 26.3 Å². The standard InChI is InChI=1S/C30H51N3O46S7/c34-1-4-16(12(37)7(26(45)69-4)31-80(46,47)48)72-30-21(79-86(64,65)66)15(40)20(23(77-30)25(43)44)75-28-9(33-82(52,53)54)18(78-85(61,62)63)17(6(71-28)3-68-84(58,59)60)73-29-14(39)13(38)19(22(76-29)24(41)42)74-27-8(32-81(49,50)51)11(36)10(35)5(70-27)2-67-83(55,56)57/h4-23,26-40,45H,1-3H2,(H,41,42)(H,43,44)(H,46,47,48)(H,49,50,51)(H,52,53,54)(H,55,56,57)(H,58,59,60)(H,61,62,63)(H,64,65,66)/t4-,5-,6-,7-,8-,9-,10-,11-,12-,13-,14-,15+,16-,17-,18-,19+,20+,21-,22+,23-,26?,27+,28-,29-,30-/m1/s1. The number of aliphatic carboxylic acids is 2. The zero-order valence-electron chi connectivity index (χ0n) is 41.4. The van der Waals surface area contributed by atoms with Crippen LogP contribution >= 0.6 is 0 Å². The Morgan fingerprint density at radius 2 is 0.779 bits per heavy atom. The second-order valence-electron chi connectivity index (χ2n) is 18.0. The second kappa shape index (κ2) is 28.1. The van der Waals surface area contributed by atoms with Gasteiger partial charge in [-0.2, -0.15) is 73.1 Å². The van der Waals surface area contributed by atoms with Gasteiger partial charge in [-0.3, -0.25) is 31.9 Å². The number of ether oxygens (including phenoxy) is 9. The van der Waals surface area contributed by atoms with Gasteiger partial charge in [0.15, 0.2) is 49.8 Å². The average Bonchev–Trinajstić information content (AvgIpc) is 0.822. The second-order valence-corrected chi connectivity index (χ2v) is 25.8. The van der Waals surface area contributed by atoms with Crippen molar-refractivity contribution in [3.8, 4) is 0 Å². The summed E-state index contributed by atoms with van der Waals surface area (Å²) in [4.78, 5) is 25.6. The predicted molar refractivity (Wildman–Crippen MR) is 247 cm³/mol. The normalized spacial score (nSPS) is 40.0. The first-order valence-corrected chi connectivity index (χ1v) is 32.3. The Morgan fingerprint density at radius 1 is 0.372 bits per heavy atom. The first-order chi connectivity index (χ1) is 39.0. The topological polar surface area (TPSA) is 773 Å². The lowest BCUT2D eigenvalue weighted by molar-refractivity contribution is -0.372. The molecule has 0 aromatic rings. The molecule has 0 amide bonds. The summed E-state index contributed by atoms with van der Waals surface area (Å²) in [5.41, 5.74) is 0. The van der Waals surface area contributed by atoms with Crippen molar-refractivity contribution in [2.45, 2.75) is 153 Å². The van der Waals surface area contributed by atoms with E-state index in [1.165, 1.54) is 9.44 Å². The molecule has 5 saturated heterocycles. The van der Waals surface area contributed by atoms with Gasteiger partial charge in [-0.05, 0) is 0 Å². The number of hydrogen-bond donors (Lipinski definition) is 20. The van der Waals surface area contributed by atoms with E-state index in [0.29, 0.717) is 0 Å². The molecule has 20 N–H and O–H groups in total. The molecule has 86 heavy (non-hydrogen) atoms. The van der Waals surface area contributed by atoms with Crippen molar-refractivity contribution in [3.05, 3.63) is 0 Å². The molecule has 25 atom stereocenters. The van der Waals surface area contributed by atoms with Crippen LogP contribution < -0.4 is 14.2 Å². The largest absolute Gasteiger partial charge is 0.479 e. The Balaban J connectivity index is 1.58. The van der Waals surface area contributed by atoms with Gasteiger partial charge in [0.1, 0.15) is 104 Å². The van der Waals surface area contributed by atoms with Crippen molar-refractivity contribution in [1.82, 2.24) is 14.2 Å². The van der Waals surface area contributed by atoms with Crippen molar-refractivity contribution in [2.24, 2.45) is 0 Å². The van der Waals surface area contributed by atoms with Gasteiger partial charge in [0.25, 0.3) is 0 Å². The molecule has 0 radical (unpaired) electrons. The van der Waals surface area contributed by atoms with Gasteiger partial charge in [0.2, 0.25) is 0 Å². The highest BCUT2D eigenvalue weighted by Crippen LogP contribution is 2.38. The summed E-state index contributed by atoms with van der Waals surface area (Å²) in [7, 11) is -40.7. The lowest BCUT2D eigenvalue weighted by atomic mass is 9.94. The van der Waals surface area contributed by atoms with E-state index in [-0.39, 0.29) is 0 Å². The molecule has 0 aromatic carbocycles. The molecule has 5 aliphatic rings. The molecular formula is C30H51N3O46S7. The number of aliphatic hydroxyl groups excluding tert-OH is 8. The zero-order chi connectivity index (χ0) is 65.5. The smallest absolute Gasteiger partial charge is 0.397 e. The molecule has 0 bridgehead atoms. The van der Waals surface area contributed by atoms with Crippen molar-refractivity contribution >= 4 is 84.4 Å². The molecule has 49 nitrogen and oxygen atoms in total. The van der Waals surface area contributed by atoms with Crippen molar-refractivity contribution < 1.29 is 211 Å². The van der Waals surface area contributed by atoms with Crippen molar-refractivity contribution in [1.29, 1.82) is 0 Å². The Hall–Kier alpha value is -2.65. The van der Waals surface area contributed by atoms with Gasteiger partial charge in [-0.1, -0.05) is 0 Å².